The molecule has 1 N–H and O–H groups in total. The minimum Gasteiger partial charge on any atom is -0.493 e. The molecule has 1 heterocycles. The first kappa shape index (κ1) is 24.1. The number of nitrogens with zero attached hydrogens (tertiary/aromatic N) is 1. The Morgan fingerprint density at radius 3 is 2.47 bits per heavy atom. The second-order valence-corrected chi connectivity index (χ2v) is 9.15. The normalized spacial score (nSPS) is 14.8. The van der Waals surface area contributed by atoms with Crippen LogP contribution in [-0.4, -0.2) is 28.2 Å². The number of amides is 1. The molecule has 0 spiro atoms. The van der Waals surface area contributed by atoms with Crippen LogP contribution in [0.1, 0.15) is 74.2 Å². The summed E-state index contributed by atoms with van der Waals surface area (Å²) in [6.45, 7) is 3.16. The Morgan fingerprint density at radius 2 is 1.76 bits per heavy atom. The molecule has 1 fully saturated rings. The van der Waals surface area contributed by atoms with Gasteiger partial charge in [0.05, 0.1) is 19.4 Å². The lowest BCUT2D eigenvalue weighted by Crippen LogP contribution is -2.49. The fourth-order valence-corrected chi connectivity index (χ4v) is 4.65. The van der Waals surface area contributed by atoms with Crippen molar-refractivity contribution in [2.45, 2.75) is 70.6 Å². The van der Waals surface area contributed by atoms with Gasteiger partial charge in [0.25, 0.3) is 5.91 Å². The Morgan fingerprint density at radius 1 is 1.00 bits per heavy atom. The molecule has 5 heteroatoms. The van der Waals surface area contributed by atoms with Gasteiger partial charge in [-0.3, -0.25) is 4.79 Å². The number of hydrogen-bond donors (Lipinski definition) is 1. The zero-order valence-corrected chi connectivity index (χ0v) is 20.0. The highest BCUT2D eigenvalue weighted by atomic mass is 16.5. The van der Waals surface area contributed by atoms with Crippen LogP contribution in [0.2, 0.25) is 0 Å². The van der Waals surface area contributed by atoms with Gasteiger partial charge in [0.15, 0.2) is 0 Å². The average Bonchev–Trinajstić information content (AvgIpc) is 3.56. The molecule has 1 aliphatic rings. The summed E-state index contributed by atoms with van der Waals surface area (Å²) in [5.41, 5.74) is 1.23. The van der Waals surface area contributed by atoms with Crippen molar-refractivity contribution in [1.29, 1.82) is 0 Å². The number of carbonyl (C=O) groups is 1. The Balaban J connectivity index is 1.54. The second-order valence-electron chi connectivity index (χ2n) is 9.15. The summed E-state index contributed by atoms with van der Waals surface area (Å²) in [6, 6.07) is 19.0. The van der Waals surface area contributed by atoms with Crippen LogP contribution in [-0.2, 0) is 6.54 Å². The fraction of sp³-hybridized carbons (Fsp3) is 0.414. The number of rotatable bonds is 11. The minimum absolute atomic E-state index is 0.173. The topological polar surface area (TPSA) is 62.9 Å². The van der Waals surface area contributed by atoms with E-state index in [-0.39, 0.29) is 5.91 Å². The van der Waals surface area contributed by atoms with E-state index >= 15 is 0 Å². The quantitative estimate of drug-likeness (QED) is 0.252. The molecule has 5 nitrogen and oxygen atoms in total. The van der Waals surface area contributed by atoms with E-state index in [9.17, 15) is 9.90 Å². The number of furan rings is 1. The third kappa shape index (κ3) is 5.71. The van der Waals surface area contributed by atoms with Crippen LogP contribution in [0.25, 0.3) is 11.3 Å². The van der Waals surface area contributed by atoms with E-state index in [4.69, 9.17) is 9.15 Å². The van der Waals surface area contributed by atoms with Gasteiger partial charge in [-0.05, 0) is 62.4 Å². The van der Waals surface area contributed by atoms with Gasteiger partial charge in [0, 0.05) is 16.7 Å². The van der Waals surface area contributed by atoms with Crippen molar-refractivity contribution in [2.75, 3.05) is 6.61 Å². The summed E-state index contributed by atoms with van der Waals surface area (Å²) in [4.78, 5) is 15.3. The molecule has 0 aliphatic heterocycles. The van der Waals surface area contributed by atoms with Crippen LogP contribution in [0.3, 0.4) is 0 Å². The summed E-state index contributed by atoms with van der Waals surface area (Å²) in [5, 5.41) is 11.5. The lowest BCUT2D eigenvalue weighted by atomic mass is 10.0. The number of para-hydroxylation sites is 1. The largest absolute Gasteiger partial charge is 0.493 e. The molecule has 0 radical (unpaired) electrons. The SMILES string of the molecule is CCCCCCOc1ccccc1CN(C(=O)c1ccc(-c2ccco2)cc1)C1(O)CCCC1. The number of unbranched alkanes of at least 4 members (excludes halogenated alkanes) is 3. The number of ether oxygens (including phenoxy) is 1. The molecule has 3 aromatic rings. The molecule has 0 saturated heterocycles. The smallest absolute Gasteiger partial charge is 0.256 e. The molecule has 1 amide bonds. The maximum absolute atomic E-state index is 13.7. The average molecular weight is 462 g/mol. The lowest BCUT2D eigenvalue weighted by molar-refractivity contribution is -0.0861. The summed E-state index contributed by atoms with van der Waals surface area (Å²) in [6.07, 6.45) is 9.18. The Bertz CT molecular complexity index is 1040. The standard InChI is InChI=1S/C29H35NO4/c1-2-3-4-9-20-33-27-12-6-5-11-25(27)22-30(29(32)18-7-8-19-29)28(31)24-16-14-23(15-17-24)26-13-10-21-34-26/h5-6,10-17,21,32H,2-4,7-9,18-20,22H2,1H3. The predicted molar refractivity (Wildman–Crippen MR) is 134 cm³/mol. The van der Waals surface area contributed by atoms with Crippen LogP contribution in [0.15, 0.2) is 71.3 Å². The maximum atomic E-state index is 13.7. The van der Waals surface area contributed by atoms with E-state index < -0.39 is 5.72 Å². The van der Waals surface area contributed by atoms with Crippen molar-refractivity contribution in [1.82, 2.24) is 4.90 Å². The molecular weight excluding hydrogens is 426 g/mol. The van der Waals surface area contributed by atoms with Crippen LogP contribution < -0.4 is 4.74 Å². The first-order chi connectivity index (χ1) is 16.6. The van der Waals surface area contributed by atoms with Crippen LogP contribution >= 0.6 is 0 Å². The number of carbonyl (C=O) groups excluding carboxylic acids is 1. The third-order valence-corrected chi connectivity index (χ3v) is 6.65. The van der Waals surface area contributed by atoms with Gasteiger partial charge in [0.2, 0.25) is 0 Å². The van der Waals surface area contributed by atoms with E-state index in [1.54, 1.807) is 11.2 Å². The molecule has 0 atom stereocenters. The number of benzene rings is 2. The van der Waals surface area contributed by atoms with Gasteiger partial charge in [-0.25, -0.2) is 0 Å². The molecule has 1 aliphatic carbocycles. The molecule has 0 bridgehead atoms. The van der Waals surface area contributed by atoms with Gasteiger partial charge in [-0.2, -0.15) is 0 Å². The predicted octanol–water partition coefficient (Wildman–Crippen LogP) is 6.81. The van der Waals surface area contributed by atoms with Crippen molar-refractivity contribution in [2.24, 2.45) is 0 Å². The summed E-state index contributed by atoms with van der Waals surface area (Å²) in [5.74, 6) is 1.37. The zero-order chi connectivity index (χ0) is 23.8. The van der Waals surface area contributed by atoms with Gasteiger partial charge < -0.3 is 19.2 Å². The molecule has 1 saturated carbocycles. The second kappa shape index (κ2) is 11.4. The molecule has 4 rings (SSSR count). The Kier molecular flexibility index (Phi) is 8.07. The van der Waals surface area contributed by atoms with Crippen molar-refractivity contribution < 1.29 is 19.1 Å². The zero-order valence-electron chi connectivity index (χ0n) is 20.0. The molecule has 34 heavy (non-hydrogen) atoms. The molecule has 2 aromatic carbocycles. The monoisotopic (exact) mass is 461 g/mol. The molecule has 180 valence electrons. The Hall–Kier alpha value is -3.05. The van der Waals surface area contributed by atoms with Crippen molar-refractivity contribution in [3.8, 4) is 17.1 Å². The van der Waals surface area contributed by atoms with Crippen LogP contribution in [0.4, 0.5) is 0 Å². The first-order valence-electron chi connectivity index (χ1n) is 12.5. The van der Waals surface area contributed by atoms with Gasteiger partial charge >= 0.3 is 0 Å². The van der Waals surface area contributed by atoms with Crippen molar-refractivity contribution >= 4 is 5.91 Å². The Labute approximate surface area is 202 Å². The summed E-state index contributed by atoms with van der Waals surface area (Å²) < 4.78 is 11.6. The third-order valence-electron chi connectivity index (χ3n) is 6.65. The van der Waals surface area contributed by atoms with Crippen LogP contribution in [0.5, 0.6) is 5.75 Å². The van der Waals surface area contributed by atoms with E-state index in [1.807, 2.05) is 60.7 Å². The molecule has 1 aromatic heterocycles. The van der Waals surface area contributed by atoms with Gasteiger partial charge in [-0.15, -0.1) is 0 Å². The lowest BCUT2D eigenvalue weighted by Gasteiger charge is -2.37. The van der Waals surface area contributed by atoms with Crippen molar-refractivity contribution in [3.63, 3.8) is 0 Å². The van der Waals surface area contributed by atoms with E-state index in [2.05, 4.69) is 6.92 Å². The maximum Gasteiger partial charge on any atom is 0.256 e. The van der Waals surface area contributed by atoms with E-state index in [1.165, 1.54) is 12.8 Å². The summed E-state index contributed by atoms with van der Waals surface area (Å²) in [7, 11) is 0. The van der Waals surface area contributed by atoms with Crippen LogP contribution in [0, 0.1) is 0 Å². The number of hydrogen-bond acceptors (Lipinski definition) is 4. The van der Waals surface area contributed by atoms with E-state index in [0.29, 0.717) is 31.6 Å². The van der Waals surface area contributed by atoms with Crippen molar-refractivity contribution in [3.05, 3.63) is 78.1 Å². The molecule has 0 unspecified atom stereocenters. The first-order valence-corrected chi connectivity index (χ1v) is 12.5. The van der Waals surface area contributed by atoms with Gasteiger partial charge in [0.1, 0.15) is 17.2 Å². The minimum atomic E-state index is -1.15. The summed E-state index contributed by atoms with van der Waals surface area (Å²) >= 11 is 0. The van der Waals surface area contributed by atoms with E-state index in [0.717, 1.165) is 48.3 Å². The fourth-order valence-electron chi connectivity index (χ4n) is 4.65. The molecular formula is C29H35NO4. The van der Waals surface area contributed by atoms with Gasteiger partial charge in [-0.1, -0.05) is 56.5 Å². The highest BCUT2D eigenvalue weighted by Gasteiger charge is 2.41. The highest BCUT2D eigenvalue weighted by Crippen LogP contribution is 2.36. The highest BCUT2D eigenvalue weighted by molar-refractivity contribution is 5.95. The number of aliphatic hydroxyl groups is 1.